The molecule has 3 aromatic rings. The summed E-state index contributed by atoms with van der Waals surface area (Å²) in [5.74, 6) is -0.939. The van der Waals surface area contributed by atoms with Crippen LogP contribution in [0.2, 0.25) is 0 Å². The molecule has 2 aromatic heterocycles. The van der Waals surface area contributed by atoms with Gasteiger partial charge in [0.05, 0.1) is 18.2 Å². The second-order valence-corrected chi connectivity index (χ2v) is 9.04. The quantitative estimate of drug-likeness (QED) is 0.387. The van der Waals surface area contributed by atoms with Crippen LogP contribution >= 0.6 is 0 Å². The number of ether oxygens (including phenoxy) is 1. The number of alkyl halides is 3. The molecule has 9 nitrogen and oxygen atoms in total. The van der Waals surface area contributed by atoms with E-state index in [0.717, 1.165) is 38.5 Å². The highest BCUT2D eigenvalue weighted by Crippen LogP contribution is 2.33. The molecule has 0 radical (unpaired) electrons. The second kappa shape index (κ2) is 11.1. The van der Waals surface area contributed by atoms with Crippen molar-refractivity contribution < 1.29 is 22.7 Å². The van der Waals surface area contributed by atoms with Crippen molar-refractivity contribution in [1.29, 1.82) is 0 Å². The number of carbonyl (C=O) groups is 1. The molecular formula is C24H30F3N7O2. The van der Waals surface area contributed by atoms with Gasteiger partial charge < -0.3 is 24.8 Å². The van der Waals surface area contributed by atoms with Crippen molar-refractivity contribution in [1.82, 2.24) is 29.7 Å². The number of nitrogens with one attached hydrogen (secondary N) is 2. The average Bonchev–Trinajstić information content (AvgIpc) is 3.48. The molecule has 0 spiro atoms. The van der Waals surface area contributed by atoms with Gasteiger partial charge in [0, 0.05) is 18.2 Å². The number of nitrogens with zero attached hydrogens (tertiary/aromatic N) is 5. The van der Waals surface area contributed by atoms with Crippen LogP contribution in [0.5, 0.6) is 5.75 Å². The zero-order chi connectivity index (χ0) is 25.7. The largest absolute Gasteiger partial charge is 0.573 e. The number of aromatic nitrogens is 4. The molecule has 1 aliphatic heterocycles. The Hall–Kier alpha value is -3.41. The van der Waals surface area contributed by atoms with E-state index in [1.165, 1.54) is 31.2 Å². The molecule has 3 heterocycles. The van der Waals surface area contributed by atoms with Crippen LogP contribution < -0.4 is 15.4 Å². The van der Waals surface area contributed by atoms with Crippen LogP contribution in [0.25, 0.3) is 11.2 Å². The number of unbranched alkanes of at least 4 members (excludes halogenated alkanes) is 1. The van der Waals surface area contributed by atoms with E-state index in [2.05, 4.69) is 35.2 Å². The number of carbonyl (C=O) groups excluding carboxylic acids is 1. The van der Waals surface area contributed by atoms with Gasteiger partial charge in [0.25, 0.3) is 5.91 Å². The number of rotatable bonds is 10. The number of imidazole rings is 1. The van der Waals surface area contributed by atoms with Gasteiger partial charge in [0.2, 0.25) is 5.95 Å². The third-order valence-corrected chi connectivity index (χ3v) is 5.97. The minimum atomic E-state index is -4.94. The summed E-state index contributed by atoms with van der Waals surface area (Å²) in [5.41, 5.74) is 1.15. The van der Waals surface area contributed by atoms with Crippen LogP contribution in [0, 0.1) is 0 Å². The third-order valence-electron chi connectivity index (χ3n) is 5.97. The van der Waals surface area contributed by atoms with Crippen LogP contribution in [0.3, 0.4) is 0 Å². The van der Waals surface area contributed by atoms with E-state index in [4.69, 9.17) is 0 Å². The van der Waals surface area contributed by atoms with Crippen LogP contribution in [0.15, 0.2) is 30.7 Å². The monoisotopic (exact) mass is 505 g/mol. The highest BCUT2D eigenvalue weighted by atomic mass is 19.4. The van der Waals surface area contributed by atoms with Gasteiger partial charge in [-0.05, 0) is 77.4 Å². The number of anilines is 2. The lowest BCUT2D eigenvalue weighted by molar-refractivity contribution is -0.274. The predicted molar refractivity (Wildman–Crippen MR) is 129 cm³/mol. The first-order chi connectivity index (χ1) is 17.2. The Kier molecular flexibility index (Phi) is 7.92. The molecule has 0 saturated carbocycles. The SMILES string of the molecule is CC(C)n1cnc2cnc(Nc3ccc(C(=O)NCCCCN4CCCC4)cc3OC(F)(F)F)nc21. The first-order valence-electron chi connectivity index (χ1n) is 12.1. The Labute approximate surface area is 207 Å². The van der Waals surface area contributed by atoms with Crippen molar-refractivity contribution in [3.05, 3.63) is 36.3 Å². The number of likely N-dealkylation sites (tertiary alicyclic amines) is 1. The lowest BCUT2D eigenvalue weighted by Crippen LogP contribution is -2.26. The lowest BCUT2D eigenvalue weighted by atomic mass is 10.1. The highest BCUT2D eigenvalue weighted by molar-refractivity contribution is 5.95. The zero-order valence-corrected chi connectivity index (χ0v) is 20.3. The molecule has 0 atom stereocenters. The second-order valence-electron chi connectivity index (χ2n) is 9.04. The molecule has 0 bridgehead atoms. The van der Waals surface area contributed by atoms with Gasteiger partial charge in [0.1, 0.15) is 5.52 Å². The average molecular weight is 506 g/mol. The maximum atomic E-state index is 13.1. The lowest BCUT2D eigenvalue weighted by Gasteiger charge is -2.16. The molecule has 1 saturated heterocycles. The molecule has 1 aromatic carbocycles. The van der Waals surface area contributed by atoms with E-state index in [9.17, 15) is 18.0 Å². The topological polar surface area (TPSA) is 97.2 Å². The summed E-state index contributed by atoms with van der Waals surface area (Å²) in [5, 5.41) is 5.54. The minimum Gasteiger partial charge on any atom is -0.404 e. The number of hydrogen-bond acceptors (Lipinski definition) is 7. The maximum absolute atomic E-state index is 13.1. The van der Waals surface area contributed by atoms with Crippen LogP contribution in [-0.2, 0) is 0 Å². The standard InChI is InChI=1S/C24H30F3N7O2/c1-16(2)34-15-30-19-14-29-23(32-21(19)34)31-18-8-7-17(13-20(18)36-24(25,26)27)22(35)28-9-3-4-10-33-11-5-6-12-33/h7-8,13-16H,3-6,9-12H2,1-2H3,(H,28,35)(H,29,31,32). The van der Waals surface area contributed by atoms with Gasteiger partial charge in [-0.15, -0.1) is 13.2 Å². The first-order valence-corrected chi connectivity index (χ1v) is 12.1. The van der Waals surface area contributed by atoms with E-state index in [1.54, 1.807) is 6.33 Å². The molecule has 2 N–H and O–H groups in total. The molecule has 12 heteroatoms. The summed E-state index contributed by atoms with van der Waals surface area (Å²) >= 11 is 0. The molecule has 36 heavy (non-hydrogen) atoms. The van der Waals surface area contributed by atoms with Gasteiger partial charge in [0.15, 0.2) is 11.4 Å². The summed E-state index contributed by atoms with van der Waals surface area (Å²) < 4.78 is 45.4. The van der Waals surface area contributed by atoms with Gasteiger partial charge in [-0.1, -0.05) is 0 Å². The summed E-state index contributed by atoms with van der Waals surface area (Å²) in [6, 6.07) is 3.92. The van der Waals surface area contributed by atoms with E-state index in [0.29, 0.717) is 17.7 Å². The Bertz CT molecular complexity index is 1190. The van der Waals surface area contributed by atoms with Crippen molar-refractivity contribution in [2.24, 2.45) is 0 Å². The number of halogens is 3. The fourth-order valence-electron chi connectivity index (χ4n) is 4.13. The Morgan fingerprint density at radius 2 is 1.94 bits per heavy atom. The number of amides is 1. The Morgan fingerprint density at radius 3 is 2.67 bits per heavy atom. The van der Waals surface area contributed by atoms with Crippen molar-refractivity contribution >= 4 is 28.7 Å². The van der Waals surface area contributed by atoms with E-state index < -0.39 is 18.0 Å². The van der Waals surface area contributed by atoms with Crippen LogP contribution in [-0.4, -0.2) is 62.9 Å². The number of fused-ring (bicyclic) bond motifs is 1. The molecule has 194 valence electrons. The summed E-state index contributed by atoms with van der Waals surface area (Å²) in [6.07, 6.45) is 2.38. The van der Waals surface area contributed by atoms with Gasteiger partial charge >= 0.3 is 6.36 Å². The molecule has 0 unspecified atom stereocenters. The third kappa shape index (κ3) is 6.62. The first kappa shape index (κ1) is 25.7. The molecule has 1 fully saturated rings. The van der Waals surface area contributed by atoms with Crippen molar-refractivity contribution in [3.63, 3.8) is 0 Å². The van der Waals surface area contributed by atoms with Gasteiger partial charge in [-0.3, -0.25) is 4.79 Å². The predicted octanol–water partition coefficient (Wildman–Crippen LogP) is 4.66. The van der Waals surface area contributed by atoms with Crippen LogP contribution in [0.4, 0.5) is 24.8 Å². The highest BCUT2D eigenvalue weighted by Gasteiger charge is 2.32. The molecule has 1 aliphatic rings. The normalized spacial score (nSPS) is 14.5. The Morgan fingerprint density at radius 1 is 1.17 bits per heavy atom. The molecule has 0 aliphatic carbocycles. The van der Waals surface area contributed by atoms with Crippen molar-refractivity contribution in [3.8, 4) is 5.75 Å². The fraction of sp³-hybridized carbons (Fsp3) is 0.500. The maximum Gasteiger partial charge on any atom is 0.573 e. The fourth-order valence-corrected chi connectivity index (χ4v) is 4.13. The minimum absolute atomic E-state index is 0.0237. The summed E-state index contributed by atoms with van der Waals surface area (Å²) in [7, 11) is 0. The smallest absolute Gasteiger partial charge is 0.404 e. The summed E-state index contributed by atoms with van der Waals surface area (Å²) in [6.45, 7) is 7.60. The summed E-state index contributed by atoms with van der Waals surface area (Å²) in [4.78, 5) is 27.7. The number of hydrogen-bond donors (Lipinski definition) is 2. The zero-order valence-electron chi connectivity index (χ0n) is 20.3. The van der Waals surface area contributed by atoms with Gasteiger partial charge in [-0.2, -0.15) is 4.98 Å². The molecule has 4 rings (SSSR count). The van der Waals surface area contributed by atoms with Crippen LogP contribution in [0.1, 0.15) is 55.9 Å². The molecule has 1 amide bonds. The number of benzene rings is 1. The van der Waals surface area contributed by atoms with Crippen molar-refractivity contribution in [2.45, 2.75) is 51.9 Å². The van der Waals surface area contributed by atoms with E-state index in [-0.39, 0.29) is 23.2 Å². The molecular weight excluding hydrogens is 475 g/mol. The van der Waals surface area contributed by atoms with Gasteiger partial charge in [-0.25, -0.2) is 9.97 Å². The Balaban J connectivity index is 1.45. The van der Waals surface area contributed by atoms with Crippen molar-refractivity contribution in [2.75, 3.05) is 31.5 Å². The van der Waals surface area contributed by atoms with E-state index >= 15 is 0 Å². The van der Waals surface area contributed by atoms with E-state index in [1.807, 2.05) is 18.4 Å².